The third kappa shape index (κ3) is 3.46. The van der Waals surface area contributed by atoms with Crippen LogP contribution < -0.4 is 0 Å². The Kier molecular flexibility index (Phi) is 5.04. The Labute approximate surface area is 207 Å². The molecule has 2 heterocycles. The van der Waals surface area contributed by atoms with Crippen LogP contribution in [0.2, 0.25) is 0 Å². The van der Waals surface area contributed by atoms with Crippen molar-refractivity contribution in [1.29, 1.82) is 0 Å². The van der Waals surface area contributed by atoms with E-state index in [0.29, 0.717) is 17.6 Å². The third-order valence-electron chi connectivity index (χ3n) is 5.60. The van der Waals surface area contributed by atoms with Crippen molar-refractivity contribution in [1.82, 2.24) is 19.5 Å². The fraction of sp³-hybridized carbons (Fsp3) is 0. The molecule has 0 amide bonds. The lowest BCUT2D eigenvalue weighted by molar-refractivity contribution is 0.953. The minimum absolute atomic E-state index is 0.582. The molecule has 2 aromatic heterocycles. The average molecular weight is 556 g/mol. The quantitative estimate of drug-likeness (QED) is 0.223. The second-order valence-corrected chi connectivity index (χ2v) is 9.33. The van der Waals surface area contributed by atoms with E-state index < -0.39 is 0 Å². The lowest BCUT2D eigenvalue weighted by atomic mass is 10.1. The van der Waals surface area contributed by atoms with Crippen molar-refractivity contribution in [2.45, 2.75) is 0 Å². The predicted molar refractivity (Wildman–Crippen MR) is 140 cm³/mol. The van der Waals surface area contributed by atoms with Gasteiger partial charge in [0.2, 0.25) is 5.95 Å². The third-order valence-corrected chi connectivity index (χ3v) is 6.92. The Hall–Kier alpha value is -3.35. The highest BCUT2D eigenvalue weighted by molar-refractivity contribution is 9.11. The van der Waals surface area contributed by atoms with Crippen LogP contribution in [0.4, 0.5) is 0 Å². The second kappa shape index (κ2) is 8.21. The molecule has 158 valence electrons. The van der Waals surface area contributed by atoms with Gasteiger partial charge in [0.15, 0.2) is 11.6 Å². The lowest BCUT2D eigenvalue weighted by Crippen LogP contribution is -2.06. The zero-order valence-corrected chi connectivity index (χ0v) is 20.5. The van der Waals surface area contributed by atoms with Gasteiger partial charge in [0, 0.05) is 30.8 Å². The molecule has 0 aliphatic heterocycles. The minimum Gasteiger partial charge on any atom is -0.278 e. The molecule has 0 spiro atoms. The molecule has 0 atom stereocenters. The smallest absolute Gasteiger partial charge is 0.238 e. The minimum atomic E-state index is 0.582. The summed E-state index contributed by atoms with van der Waals surface area (Å²) in [4.78, 5) is 14.7. The number of rotatable bonds is 3. The molecule has 0 radical (unpaired) electrons. The molecule has 0 saturated heterocycles. The summed E-state index contributed by atoms with van der Waals surface area (Å²) in [6.45, 7) is 0. The van der Waals surface area contributed by atoms with Crippen LogP contribution in [-0.2, 0) is 0 Å². The van der Waals surface area contributed by atoms with E-state index in [1.54, 1.807) is 0 Å². The first-order valence-electron chi connectivity index (χ1n) is 10.4. The van der Waals surface area contributed by atoms with E-state index in [1.807, 2.05) is 72.8 Å². The molecule has 0 fully saturated rings. The fourth-order valence-corrected chi connectivity index (χ4v) is 5.24. The monoisotopic (exact) mass is 554 g/mol. The van der Waals surface area contributed by atoms with Gasteiger partial charge in [0.1, 0.15) is 0 Å². The van der Waals surface area contributed by atoms with Crippen molar-refractivity contribution in [3.63, 3.8) is 0 Å². The first-order chi connectivity index (χ1) is 16.2. The summed E-state index contributed by atoms with van der Waals surface area (Å²) < 4.78 is 4.16. The standard InChI is InChI=1S/C27H16Br2N4/c28-19-13-7-15-21-23(19)24-20(29)14-8-16-22(24)33(21)27-31-25(17-9-3-1-4-10-17)30-26(32-27)18-11-5-2-6-12-18/h1-16H. The van der Waals surface area contributed by atoms with Crippen LogP contribution >= 0.6 is 31.9 Å². The van der Waals surface area contributed by atoms with E-state index in [2.05, 4.69) is 60.7 Å². The zero-order chi connectivity index (χ0) is 22.4. The first-order valence-corrected chi connectivity index (χ1v) is 12.0. The highest BCUT2D eigenvalue weighted by Gasteiger charge is 2.19. The summed E-state index contributed by atoms with van der Waals surface area (Å²) in [5.41, 5.74) is 3.94. The summed E-state index contributed by atoms with van der Waals surface area (Å²) in [6, 6.07) is 32.4. The molecule has 33 heavy (non-hydrogen) atoms. The van der Waals surface area contributed by atoms with Gasteiger partial charge in [-0.25, -0.2) is 4.98 Å². The Morgan fingerprint density at radius 2 is 0.939 bits per heavy atom. The molecule has 0 aliphatic rings. The molecule has 4 aromatic carbocycles. The Morgan fingerprint density at radius 3 is 1.39 bits per heavy atom. The summed E-state index contributed by atoms with van der Waals surface area (Å²) in [7, 11) is 0. The summed E-state index contributed by atoms with van der Waals surface area (Å²) in [6.07, 6.45) is 0. The second-order valence-electron chi connectivity index (χ2n) is 7.62. The Morgan fingerprint density at radius 1 is 0.485 bits per heavy atom. The van der Waals surface area contributed by atoms with Gasteiger partial charge < -0.3 is 0 Å². The largest absolute Gasteiger partial charge is 0.278 e. The molecular weight excluding hydrogens is 540 g/mol. The van der Waals surface area contributed by atoms with Gasteiger partial charge in [0.25, 0.3) is 0 Å². The SMILES string of the molecule is Brc1cccc2c1c1c(Br)cccc1n2-c1nc(-c2ccccc2)nc(-c2ccccc2)n1. The fourth-order valence-electron chi connectivity index (χ4n) is 4.14. The van der Waals surface area contributed by atoms with Gasteiger partial charge in [-0.05, 0) is 24.3 Å². The van der Waals surface area contributed by atoms with Gasteiger partial charge in [-0.3, -0.25) is 4.57 Å². The maximum absolute atomic E-state index is 4.94. The van der Waals surface area contributed by atoms with Crippen molar-refractivity contribution in [2.75, 3.05) is 0 Å². The van der Waals surface area contributed by atoms with Crippen LogP contribution in [0.15, 0.2) is 106 Å². The van der Waals surface area contributed by atoms with Crippen molar-refractivity contribution in [2.24, 2.45) is 0 Å². The summed E-state index contributed by atoms with van der Waals surface area (Å²) in [5, 5.41) is 2.23. The van der Waals surface area contributed by atoms with Crippen LogP contribution in [0.1, 0.15) is 0 Å². The van der Waals surface area contributed by atoms with Crippen molar-refractivity contribution in [3.8, 4) is 28.7 Å². The van der Waals surface area contributed by atoms with Gasteiger partial charge in [-0.2, -0.15) is 9.97 Å². The molecule has 6 heteroatoms. The molecule has 6 aromatic rings. The number of fused-ring (bicyclic) bond motifs is 3. The van der Waals surface area contributed by atoms with Gasteiger partial charge in [0.05, 0.1) is 11.0 Å². The number of halogens is 2. The Bertz CT molecular complexity index is 1510. The normalized spacial score (nSPS) is 11.3. The van der Waals surface area contributed by atoms with Crippen LogP contribution in [0.3, 0.4) is 0 Å². The molecule has 0 saturated carbocycles. The van der Waals surface area contributed by atoms with E-state index in [-0.39, 0.29) is 0 Å². The molecule has 4 nitrogen and oxygen atoms in total. The molecule has 0 N–H and O–H groups in total. The zero-order valence-electron chi connectivity index (χ0n) is 17.3. The number of nitrogens with zero attached hydrogens (tertiary/aromatic N) is 4. The average Bonchev–Trinajstić information content (AvgIpc) is 3.22. The summed E-state index contributed by atoms with van der Waals surface area (Å²) >= 11 is 7.51. The van der Waals surface area contributed by atoms with Crippen molar-refractivity contribution >= 4 is 53.7 Å². The van der Waals surface area contributed by atoms with Gasteiger partial charge >= 0.3 is 0 Å². The van der Waals surface area contributed by atoms with E-state index in [9.17, 15) is 0 Å². The van der Waals surface area contributed by atoms with Crippen LogP contribution in [0.25, 0.3) is 50.5 Å². The molecular formula is C27H16Br2N4. The number of hydrogen-bond donors (Lipinski definition) is 0. The van der Waals surface area contributed by atoms with Crippen LogP contribution in [0.5, 0.6) is 0 Å². The molecule has 0 unspecified atom stereocenters. The first kappa shape index (κ1) is 20.3. The highest BCUT2D eigenvalue weighted by Crippen LogP contribution is 2.39. The van der Waals surface area contributed by atoms with Gasteiger partial charge in [-0.15, -0.1) is 0 Å². The van der Waals surface area contributed by atoms with Crippen molar-refractivity contribution in [3.05, 3.63) is 106 Å². The van der Waals surface area contributed by atoms with E-state index in [0.717, 1.165) is 41.9 Å². The van der Waals surface area contributed by atoms with Crippen molar-refractivity contribution < 1.29 is 0 Å². The van der Waals surface area contributed by atoms with Crippen LogP contribution in [0, 0.1) is 0 Å². The van der Waals surface area contributed by atoms with E-state index in [4.69, 9.17) is 15.0 Å². The Balaban J connectivity index is 1.73. The summed E-state index contributed by atoms with van der Waals surface area (Å²) in [5.74, 6) is 1.86. The van der Waals surface area contributed by atoms with Crippen LogP contribution in [-0.4, -0.2) is 19.5 Å². The topological polar surface area (TPSA) is 43.6 Å². The maximum atomic E-state index is 4.94. The van der Waals surface area contributed by atoms with Gasteiger partial charge in [-0.1, -0.05) is 105 Å². The van der Waals surface area contributed by atoms with E-state index in [1.165, 1.54) is 0 Å². The molecule has 0 aliphatic carbocycles. The molecule has 0 bridgehead atoms. The number of hydrogen-bond acceptors (Lipinski definition) is 3. The predicted octanol–water partition coefficient (Wildman–Crippen LogP) is 7.83. The number of aromatic nitrogens is 4. The number of benzene rings is 4. The highest BCUT2D eigenvalue weighted by atomic mass is 79.9. The maximum Gasteiger partial charge on any atom is 0.238 e. The lowest BCUT2D eigenvalue weighted by Gasteiger charge is -2.10. The molecule has 6 rings (SSSR count). The van der Waals surface area contributed by atoms with E-state index >= 15 is 0 Å².